The van der Waals surface area contributed by atoms with Gasteiger partial charge in [-0.25, -0.2) is 13.8 Å². The highest BCUT2D eigenvalue weighted by molar-refractivity contribution is 7.92. The summed E-state index contributed by atoms with van der Waals surface area (Å²) < 4.78 is 42.7. The number of rotatable bonds is 11. The Hall–Kier alpha value is -4.05. The first-order valence-corrected chi connectivity index (χ1v) is 13.4. The predicted molar refractivity (Wildman–Crippen MR) is 144 cm³/mol. The normalized spacial score (nSPS) is 12.4. The molecule has 0 bridgehead atoms. The van der Waals surface area contributed by atoms with Gasteiger partial charge in [-0.3, -0.25) is 9.10 Å². The molecule has 0 unspecified atom stereocenters. The number of carbonyl (C=O) groups is 1. The van der Waals surface area contributed by atoms with Gasteiger partial charge in [-0.2, -0.15) is 5.10 Å². The number of ether oxygens (including phenoxy) is 3. The quantitative estimate of drug-likeness (QED) is 0.290. The molecule has 0 aliphatic rings. The number of carbonyl (C=O) groups excluding carboxylic acids is 1. The average Bonchev–Trinajstić information content (AvgIpc) is 2.89. The fourth-order valence-corrected chi connectivity index (χ4v) is 4.85. The van der Waals surface area contributed by atoms with E-state index < -0.39 is 22.0 Å². The predicted octanol–water partition coefficient (Wildman–Crippen LogP) is 4.58. The highest BCUT2D eigenvalue weighted by atomic mass is 32.2. The maximum Gasteiger partial charge on any atom is 0.263 e. The highest BCUT2D eigenvalue weighted by Crippen LogP contribution is 2.29. The van der Waals surface area contributed by atoms with Crippen molar-refractivity contribution in [3.63, 3.8) is 0 Å². The number of anilines is 1. The zero-order valence-electron chi connectivity index (χ0n) is 21.5. The molecule has 3 aromatic rings. The van der Waals surface area contributed by atoms with Crippen LogP contribution in [0.15, 0.2) is 77.9 Å². The molecule has 0 radical (unpaired) electrons. The first-order chi connectivity index (χ1) is 17.7. The first-order valence-electron chi connectivity index (χ1n) is 11.6. The second kappa shape index (κ2) is 12.3. The second-order valence-electron chi connectivity index (χ2n) is 8.10. The van der Waals surface area contributed by atoms with Crippen LogP contribution in [0.3, 0.4) is 0 Å². The Morgan fingerprint density at radius 2 is 1.57 bits per heavy atom. The fourth-order valence-electron chi connectivity index (χ4n) is 3.67. The molecule has 0 spiro atoms. The SMILES string of the molecule is CC/C(=N/NC(=O)[C@H](C)N(c1ccc(Oc2ccccc2)cc1)S(C)(=O)=O)c1ccc(OC)c(OC)c1. The molecule has 0 aliphatic heterocycles. The Morgan fingerprint density at radius 3 is 2.14 bits per heavy atom. The van der Waals surface area contributed by atoms with Crippen LogP contribution in [-0.4, -0.2) is 46.6 Å². The Bertz CT molecular complexity index is 1340. The van der Waals surface area contributed by atoms with E-state index >= 15 is 0 Å². The standard InChI is InChI=1S/C27H31N3O6S/c1-6-24(20-12-17-25(34-3)26(18-20)35-4)28-29-27(31)19(2)30(37(5,32)33)21-13-15-23(16-14-21)36-22-10-8-7-9-11-22/h7-19H,6H2,1-5H3,(H,29,31)/b28-24-/t19-/m0/s1. The molecule has 0 heterocycles. The van der Waals surface area contributed by atoms with Crippen LogP contribution < -0.4 is 23.9 Å². The molecule has 37 heavy (non-hydrogen) atoms. The summed E-state index contributed by atoms with van der Waals surface area (Å²) in [5, 5.41) is 4.26. The summed E-state index contributed by atoms with van der Waals surface area (Å²) in [5.74, 6) is 1.71. The minimum absolute atomic E-state index is 0.324. The van der Waals surface area contributed by atoms with Gasteiger partial charge in [-0.1, -0.05) is 25.1 Å². The molecule has 196 valence electrons. The van der Waals surface area contributed by atoms with E-state index in [-0.39, 0.29) is 0 Å². The lowest BCUT2D eigenvalue weighted by molar-refractivity contribution is -0.121. The lowest BCUT2D eigenvalue weighted by Crippen LogP contribution is -2.47. The van der Waals surface area contributed by atoms with Crippen LogP contribution in [0.5, 0.6) is 23.0 Å². The van der Waals surface area contributed by atoms with Crippen LogP contribution in [0.2, 0.25) is 0 Å². The summed E-state index contributed by atoms with van der Waals surface area (Å²) in [6.45, 7) is 3.40. The van der Waals surface area contributed by atoms with Gasteiger partial charge in [0.05, 0.1) is 31.9 Å². The van der Waals surface area contributed by atoms with Crippen molar-refractivity contribution in [1.29, 1.82) is 0 Å². The van der Waals surface area contributed by atoms with E-state index in [0.29, 0.717) is 40.8 Å². The van der Waals surface area contributed by atoms with Gasteiger partial charge in [0.2, 0.25) is 10.0 Å². The molecular formula is C27H31N3O6S. The summed E-state index contributed by atoms with van der Waals surface area (Å²) >= 11 is 0. The molecule has 1 N–H and O–H groups in total. The number of sulfonamides is 1. The molecule has 1 atom stereocenters. The monoisotopic (exact) mass is 525 g/mol. The van der Waals surface area contributed by atoms with E-state index in [1.54, 1.807) is 49.6 Å². The topological polar surface area (TPSA) is 107 Å². The molecule has 3 aromatic carbocycles. The van der Waals surface area contributed by atoms with Gasteiger partial charge in [0.1, 0.15) is 17.5 Å². The summed E-state index contributed by atoms with van der Waals surface area (Å²) in [7, 11) is -0.712. The number of nitrogens with zero attached hydrogens (tertiary/aromatic N) is 2. The molecule has 0 saturated heterocycles. The van der Waals surface area contributed by atoms with Crippen LogP contribution in [-0.2, 0) is 14.8 Å². The minimum Gasteiger partial charge on any atom is -0.493 e. The third-order valence-electron chi connectivity index (χ3n) is 5.51. The van der Waals surface area contributed by atoms with Gasteiger partial charge in [0.15, 0.2) is 11.5 Å². The maximum absolute atomic E-state index is 13.0. The summed E-state index contributed by atoms with van der Waals surface area (Å²) in [6, 6.07) is 20.0. The molecule has 3 rings (SSSR count). The number of hydrazone groups is 1. The Labute approximate surface area is 217 Å². The Morgan fingerprint density at radius 1 is 0.946 bits per heavy atom. The van der Waals surface area contributed by atoms with Crippen LogP contribution in [0.4, 0.5) is 5.69 Å². The average molecular weight is 526 g/mol. The first kappa shape index (κ1) is 27.5. The second-order valence-corrected chi connectivity index (χ2v) is 9.96. The van der Waals surface area contributed by atoms with E-state index in [0.717, 1.165) is 16.1 Å². The van der Waals surface area contributed by atoms with Gasteiger partial charge < -0.3 is 14.2 Å². The summed E-state index contributed by atoms with van der Waals surface area (Å²) in [6.07, 6.45) is 1.57. The zero-order chi connectivity index (χ0) is 27.0. The molecule has 0 saturated carbocycles. The fraction of sp³-hybridized carbons (Fsp3) is 0.259. The molecule has 0 aliphatic carbocycles. The number of hydrogen-bond acceptors (Lipinski definition) is 7. The van der Waals surface area contributed by atoms with Gasteiger partial charge in [-0.05, 0) is 67.9 Å². The van der Waals surface area contributed by atoms with Crippen molar-refractivity contribution >= 4 is 27.3 Å². The van der Waals surface area contributed by atoms with Crippen LogP contribution >= 0.6 is 0 Å². The lowest BCUT2D eigenvalue weighted by Gasteiger charge is -2.27. The number of amides is 1. The molecule has 9 nitrogen and oxygen atoms in total. The van der Waals surface area contributed by atoms with Crippen LogP contribution in [0.25, 0.3) is 0 Å². The van der Waals surface area contributed by atoms with Crippen LogP contribution in [0, 0.1) is 0 Å². The number of benzene rings is 3. The maximum atomic E-state index is 13.0. The molecule has 0 fully saturated rings. The third-order valence-corrected chi connectivity index (χ3v) is 6.75. The highest BCUT2D eigenvalue weighted by Gasteiger charge is 2.29. The van der Waals surface area contributed by atoms with E-state index in [1.807, 2.05) is 37.3 Å². The van der Waals surface area contributed by atoms with Gasteiger partial charge in [-0.15, -0.1) is 0 Å². The number of methoxy groups -OCH3 is 2. The smallest absolute Gasteiger partial charge is 0.263 e. The van der Waals surface area contributed by atoms with Crippen molar-refractivity contribution in [2.45, 2.75) is 26.3 Å². The van der Waals surface area contributed by atoms with E-state index in [1.165, 1.54) is 14.0 Å². The third kappa shape index (κ3) is 7.01. The van der Waals surface area contributed by atoms with Crippen molar-refractivity contribution < 1.29 is 27.4 Å². The van der Waals surface area contributed by atoms with Crippen molar-refractivity contribution in [1.82, 2.24) is 5.43 Å². The minimum atomic E-state index is -3.79. The summed E-state index contributed by atoms with van der Waals surface area (Å²) in [4.78, 5) is 13.0. The summed E-state index contributed by atoms with van der Waals surface area (Å²) in [5.41, 5.74) is 4.17. The Kier molecular flexibility index (Phi) is 9.13. The van der Waals surface area contributed by atoms with E-state index in [2.05, 4.69) is 10.5 Å². The van der Waals surface area contributed by atoms with Crippen molar-refractivity contribution in [3.8, 4) is 23.0 Å². The Balaban J connectivity index is 1.79. The number of para-hydroxylation sites is 1. The van der Waals surface area contributed by atoms with Crippen LogP contribution in [0.1, 0.15) is 25.8 Å². The molecule has 1 amide bonds. The largest absolute Gasteiger partial charge is 0.493 e. The molecule has 0 aromatic heterocycles. The van der Waals surface area contributed by atoms with Gasteiger partial charge in [0.25, 0.3) is 5.91 Å². The molecule has 10 heteroatoms. The van der Waals surface area contributed by atoms with Crippen molar-refractivity contribution in [3.05, 3.63) is 78.4 Å². The van der Waals surface area contributed by atoms with E-state index in [9.17, 15) is 13.2 Å². The van der Waals surface area contributed by atoms with E-state index in [4.69, 9.17) is 14.2 Å². The van der Waals surface area contributed by atoms with Crippen molar-refractivity contribution in [2.24, 2.45) is 5.10 Å². The number of nitrogens with one attached hydrogen (secondary N) is 1. The van der Waals surface area contributed by atoms with Gasteiger partial charge >= 0.3 is 0 Å². The van der Waals surface area contributed by atoms with Gasteiger partial charge in [0, 0.05) is 5.56 Å². The lowest BCUT2D eigenvalue weighted by atomic mass is 10.1. The molecular weight excluding hydrogens is 494 g/mol. The zero-order valence-corrected chi connectivity index (χ0v) is 22.3. The van der Waals surface area contributed by atoms with Crippen molar-refractivity contribution in [2.75, 3.05) is 24.8 Å². The number of hydrogen-bond donors (Lipinski definition) is 1.